The summed E-state index contributed by atoms with van der Waals surface area (Å²) in [5.74, 6) is 1.90. The molecule has 0 bridgehead atoms. The van der Waals surface area contributed by atoms with Crippen LogP contribution in [0.2, 0.25) is 0 Å². The Balaban J connectivity index is 1.18. The molecule has 0 radical (unpaired) electrons. The van der Waals surface area contributed by atoms with Crippen LogP contribution >= 0.6 is 0 Å². The van der Waals surface area contributed by atoms with E-state index in [0.29, 0.717) is 46.4 Å². The van der Waals surface area contributed by atoms with E-state index in [0.717, 1.165) is 25.4 Å². The van der Waals surface area contributed by atoms with Gasteiger partial charge in [0.05, 0.1) is 16.8 Å². The molecule has 5 rings (SSSR count). The number of aromatic hydroxyl groups is 1. The van der Waals surface area contributed by atoms with Gasteiger partial charge in [0.2, 0.25) is 0 Å². The van der Waals surface area contributed by atoms with E-state index in [1.807, 2.05) is 6.07 Å². The maximum absolute atomic E-state index is 15.2. The van der Waals surface area contributed by atoms with Crippen molar-refractivity contribution in [3.05, 3.63) is 53.7 Å². The number of likely N-dealkylation sites (tertiary alicyclic amines) is 1. The number of hydrogen-bond acceptors (Lipinski definition) is 7. The Morgan fingerprint density at radius 3 is 2.76 bits per heavy atom. The number of para-hydroxylation sites is 1. The maximum atomic E-state index is 15.2. The Morgan fingerprint density at radius 2 is 2.00 bits per heavy atom. The van der Waals surface area contributed by atoms with Crippen LogP contribution in [0.4, 0.5) is 4.39 Å². The van der Waals surface area contributed by atoms with Gasteiger partial charge in [0, 0.05) is 43.1 Å². The predicted molar refractivity (Wildman–Crippen MR) is 125 cm³/mol. The molecule has 9 heteroatoms. The molecule has 0 unspecified atom stereocenters. The fraction of sp³-hybridized carbons (Fsp3) is 0.400. The second-order valence-electron chi connectivity index (χ2n) is 9.27. The molecule has 1 aromatic carbocycles. The summed E-state index contributed by atoms with van der Waals surface area (Å²) in [6.45, 7) is 9.04. The number of ether oxygens (including phenoxy) is 1. The van der Waals surface area contributed by atoms with E-state index >= 15 is 4.39 Å². The number of nitrogens with zero attached hydrogens (tertiary/aromatic N) is 4. The summed E-state index contributed by atoms with van der Waals surface area (Å²) in [4.78, 5) is 5.29. The third-order valence-electron chi connectivity index (χ3n) is 6.68. The number of rotatable bonds is 8. The van der Waals surface area contributed by atoms with Gasteiger partial charge in [0.1, 0.15) is 18.1 Å². The number of aromatic nitrogens is 4. The first-order chi connectivity index (χ1) is 16.4. The van der Waals surface area contributed by atoms with E-state index in [2.05, 4.69) is 46.0 Å². The number of fused-ring (bicyclic) bond motifs is 1. The monoisotopic (exact) mass is 465 g/mol. The second-order valence-corrected chi connectivity index (χ2v) is 9.27. The minimum atomic E-state index is -0.308. The second kappa shape index (κ2) is 9.06. The van der Waals surface area contributed by atoms with Gasteiger partial charge < -0.3 is 19.4 Å². The van der Waals surface area contributed by atoms with Crippen molar-refractivity contribution in [1.29, 1.82) is 0 Å². The van der Waals surface area contributed by atoms with E-state index in [4.69, 9.17) is 9.26 Å². The molecule has 4 heterocycles. The number of H-pyrrole nitrogens is 1. The molecule has 8 nitrogen and oxygen atoms in total. The lowest BCUT2D eigenvalue weighted by Gasteiger charge is -2.38. The molecule has 3 aromatic heterocycles. The standard InChI is InChI=1S/C25H28FN5O3/c1-14(2)15(3)21-11-22(30-34-21)33-9-8-31-12-16(13-31)24-23(26)18-10-19(28-29-25(18)27-24)17-6-4-5-7-20(17)32/h4-7,10-11,14-16,32H,8-9,12-13H2,1-3H3,(H,27,29)/t15-/m1/s1. The molecule has 1 aliphatic heterocycles. The highest BCUT2D eigenvalue weighted by atomic mass is 19.1. The Bertz CT molecular complexity index is 1290. The molecule has 1 atom stereocenters. The summed E-state index contributed by atoms with van der Waals surface area (Å²) in [7, 11) is 0. The molecule has 4 aromatic rings. The van der Waals surface area contributed by atoms with E-state index in [1.165, 1.54) is 0 Å². The van der Waals surface area contributed by atoms with E-state index in [-0.39, 0.29) is 23.4 Å². The van der Waals surface area contributed by atoms with Crippen LogP contribution < -0.4 is 4.74 Å². The van der Waals surface area contributed by atoms with Gasteiger partial charge in [0.25, 0.3) is 5.88 Å². The van der Waals surface area contributed by atoms with Gasteiger partial charge in [0.15, 0.2) is 11.5 Å². The van der Waals surface area contributed by atoms with Crippen LogP contribution in [0.5, 0.6) is 11.6 Å². The highest BCUT2D eigenvalue weighted by molar-refractivity contribution is 5.82. The normalized spacial score (nSPS) is 15.7. The van der Waals surface area contributed by atoms with E-state index in [1.54, 1.807) is 30.3 Å². The van der Waals surface area contributed by atoms with Crippen LogP contribution in [0.3, 0.4) is 0 Å². The van der Waals surface area contributed by atoms with E-state index in [9.17, 15) is 5.11 Å². The number of benzene rings is 1. The third kappa shape index (κ3) is 4.23. The number of halogens is 1. The van der Waals surface area contributed by atoms with Crippen molar-refractivity contribution in [2.75, 3.05) is 26.2 Å². The molecule has 0 aliphatic carbocycles. The van der Waals surface area contributed by atoms with Gasteiger partial charge in [-0.15, -0.1) is 10.2 Å². The average molecular weight is 466 g/mol. The highest BCUT2D eigenvalue weighted by Crippen LogP contribution is 2.34. The van der Waals surface area contributed by atoms with Crippen molar-refractivity contribution in [2.24, 2.45) is 5.92 Å². The largest absolute Gasteiger partial charge is 0.507 e. The maximum Gasteiger partial charge on any atom is 0.254 e. The summed E-state index contributed by atoms with van der Waals surface area (Å²) in [6, 6.07) is 10.3. The first kappa shape index (κ1) is 22.3. The van der Waals surface area contributed by atoms with Gasteiger partial charge in [-0.05, 0) is 29.3 Å². The topological polar surface area (TPSA) is 100 Å². The van der Waals surface area contributed by atoms with E-state index < -0.39 is 0 Å². The molecule has 178 valence electrons. The first-order valence-electron chi connectivity index (χ1n) is 11.6. The quantitative estimate of drug-likeness (QED) is 0.389. The van der Waals surface area contributed by atoms with Crippen molar-refractivity contribution in [3.8, 4) is 22.9 Å². The number of phenols is 1. The summed E-state index contributed by atoms with van der Waals surface area (Å²) >= 11 is 0. The van der Waals surface area contributed by atoms with Crippen LogP contribution in [0.25, 0.3) is 22.3 Å². The SMILES string of the molecule is CC(C)[C@@H](C)c1cc(OCCN2CC(c3[nH]c4nnc(-c5ccccc5O)cc4c3F)C2)no1. The first-order valence-corrected chi connectivity index (χ1v) is 11.6. The van der Waals surface area contributed by atoms with Crippen molar-refractivity contribution >= 4 is 11.0 Å². The third-order valence-corrected chi connectivity index (χ3v) is 6.68. The minimum absolute atomic E-state index is 0.0494. The molecule has 0 spiro atoms. The summed E-state index contributed by atoms with van der Waals surface area (Å²) in [5, 5.41) is 22.7. The smallest absolute Gasteiger partial charge is 0.254 e. The van der Waals surface area contributed by atoms with Gasteiger partial charge in [-0.25, -0.2) is 4.39 Å². The number of nitrogens with one attached hydrogen (secondary N) is 1. The summed E-state index contributed by atoms with van der Waals surface area (Å²) in [6.07, 6.45) is 0. The highest BCUT2D eigenvalue weighted by Gasteiger charge is 2.32. The molecular formula is C25H28FN5O3. The van der Waals surface area contributed by atoms with Gasteiger partial charge in [-0.3, -0.25) is 4.90 Å². The number of hydrogen-bond donors (Lipinski definition) is 2. The molecular weight excluding hydrogens is 437 g/mol. The zero-order valence-corrected chi connectivity index (χ0v) is 19.5. The Morgan fingerprint density at radius 1 is 1.21 bits per heavy atom. The lowest BCUT2D eigenvalue weighted by molar-refractivity contribution is 0.116. The molecule has 0 amide bonds. The minimum Gasteiger partial charge on any atom is -0.507 e. The van der Waals surface area contributed by atoms with Crippen LogP contribution in [0, 0.1) is 11.7 Å². The molecule has 0 saturated carbocycles. The molecule has 1 saturated heterocycles. The molecule has 34 heavy (non-hydrogen) atoms. The van der Waals surface area contributed by atoms with Gasteiger partial charge in [-0.1, -0.05) is 32.9 Å². The Kier molecular flexibility index (Phi) is 5.95. The summed E-state index contributed by atoms with van der Waals surface area (Å²) in [5.41, 5.74) is 1.90. The molecule has 1 aliphatic rings. The molecule has 2 N–H and O–H groups in total. The molecule has 1 fully saturated rings. The van der Waals surface area contributed by atoms with Crippen molar-refractivity contribution in [3.63, 3.8) is 0 Å². The van der Waals surface area contributed by atoms with Crippen LogP contribution in [0.1, 0.15) is 44.1 Å². The van der Waals surface area contributed by atoms with Gasteiger partial charge in [-0.2, -0.15) is 0 Å². The number of aromatic amines is 1. The summed E-state index contributed by atoms with van der Waals surface area (Å²) < 4.78 is 26.3. The average Bonchev–Trinajstić information content (AvgIpc) is 3.39. The number of phenolic OH excluding ortho intramolecular Hbond substituents is 1. The van der Waals surface area contributed by atoms with Gasteiger partial charge >= 0.3 is 0 Å². The van der Waals surface area contributed by atoms with Crippen molar-refractivity contribution in [2.45, 2.75) is 32.6 Å². The zero-order chi connectivity index (χ0) is 23.8. The lowest BCUT2D eigenvalue weighted by atomic mass is 9.96. The predicted octanol–water partition coefficient (Wildman–Crippen LogP) is 4.70. The van der Waals surface area contributed by atoms with Crippen molar-refractivity contribution < 1.29 is 18.8 Å². The van der Waals surface area contributed by atoms with Crippen LogP contribution in [-0.2, 0) is 0 Å². The Hall–Kier alpha value is -3.46. The fourth-order valence-electron chi connectivity index (χ4n) is 4.18. The Labute approximate surface area is 196 Å². The van der Waals surface area contributed by atoms with Crippen molar-refractivity contribution in [1.82, 2.24) is 25.2 Å². The lowest BCUT2D eigenvalue weighted by Crippen LogP contribution is -2.47. The van der Waals surface area contributed by atoms with Crippen LogP contribution in [0.15, 0.2) is 40.9 Å². The zero-order valence-electron chi connectivity index (χ0n) is 19.5. The fourth-order valence-corrected chi connectivity index (χ4v) is 4.18. The van der Waals surface area contributed by atoms with Crippen LogP contribution in [-0.4, -0.2) is 56.6 Å².